The molecule has 5 nitrogen and oxygen atoms in total. The van der Waals surface area contributed by atoms with E-state index < -0.39 is 5.54 Å². The zero-order valence-electron chi connectivity index (χ0n) is 13.2. The van der Waals surface area contributed by atoms with E-state index in [9.17, 15) is 9.59 Å². The Balaban J connectivity index is 2.39. The number of nitrogens with zero attached hydrogens (tertiary/aromatic N) is 2. The van der Waals surface area contributed by atoms with Gasteiger partial charge in [0.2, 0.25) is 11.8 Å². The summed E-state index contributed by atoms with van der Waals surface area (Å²) < 4.78 is 5.26. The minimum absolute atomic E-state index is 0.0860. The normalized spacial score (nSPS) is 27.5. The smallest absolute Gasteiger partial charge is 0.246 e. The van der Waals surface area contributed by atoms with E-state index in [0.29, 0.717) is 6.61 Å². The number of carbonyl (C=O) groups is 2. The zero-order chi connectivity index (χ0) is 15.1. The van der Waals surface area contributed by atoms with Gasteiger partial charge in [-0.15, -0.1) is 0 Å². The maximum Gasteiger partial charge on any atom is 0.246 e. The summed E-state index contributed by atoms with van der Waals surface area (Å²) in [6.45, 7) is 9.10. The van der Waals surface area contributed by atoms with Crippen LogP contribution in [0.4, 0.5) is 0 Å². The third-order valence-corrected chi connectivity index (χ3v) is 4.37. The Morgan fingerprint density at radius 3 is 2.50 bits per heavy atom. The second-order valence-corrected chi connectivity index (χ2v) is 6.83. The molecule has 2 saturated heterocycles. The Bertz CT molecular complexity index is 406. The predicted molar refractivity (Wildman–Crippen MR) is 76.2 cm³/mol. The number of hydrogen-bond acceptors (Lipinski definition) is 3. The van der Waals surface area contributed by atoms with E-state index in [1.165, 1.54) is 0 Å². The van der Waals surface area contributed by atoms with E-state index in [2.05, 4.69) is 0 Å². The molecule has 2 atom stereocenters. The number of ether oxygens (including phenoxy) is 1. The molecule has 0 aliphatic carbocycles. The number of methoxy groups -OCH3 is 1. The summed E-state index contributed by atoms with van der Waals surface area (Å²) in [5, 5.41) is 0. The third kappa shape index (κ3) is 2.32. The molecule has 0 aromatic heterocycles. The van der Waals surface area contributed by atoms with Crippen LogP contribution in [0.5, 0.6) is 0 Å². The molecule has 0 saturated carbocycles. The van der Waals surface area contributed by atoms with Gasteiger partial charge in [0.1, 0.15) is 12.1 Å². The molecule has 2 amide bonds. The van der Waals surface area contributed by atoms with Crippen molar-refractivity contribution in [3.63, 3.8) is 0 Å². The van der Waals surface area contributed by atoms with Crippen molar-refractivity contribution in [2.75, 3.05) is 20.3 Å². The molecule has 0 aromatic carbocycles. The molecule has 2 rings (SSSR count). The quantitative estimate of drug-likeness (QED) is 0.780. The molecule has 0 spiro atoms. The Morgan fingerprint density at radius 1 is 1.30 bits per heavy atom. The van der Waals surface area contributed by atoms with E-state index in [0.717, 1.165) is 19.4 Å². The van der Waals surface area contributed by atoms with Crippen LogP contribution >= 0.6 is 0 Å². The van der Waals surface area contributed by atoms with E-state index in [4.69, 9.17) is 4.74 Å². The van der Waals surface area contributed by atoms with Crippen molar-refractivity contribution in [1.29, 1.82) is 0 Å². The lowest BCUT2D eigenvalue weighted by Gasteiger charge is -2.50. The second kappa shape index (κ2) is 5.35. The minimum Gasteiger partial charge on any atom is -0.382 e. The van der Waals surface area contributed by atoms with Gasteiger partial charge in [-0.2, -0.15) is 0 Å². The molecular formula is C15H26N2O3. The van der Waals surface area contributed by atoms with Gasteiger partial charge in [-0.3, -0.25) is 9.59 Å². The average molecular weight is 282 g/mol. The SMILES string of the molecule is COCC(C)(C)N1C(=O)C2CCCN2C(=O)C1C(C)C. The lowest BCUT2D eigenvalue weighted by atomic mass is 9.89. The summed E-state index contributed by atoms with van der Waals surface area (Å²) in [6.07, 6.45) is 1.71. The maximum absolute atomic E-state index is 12.9. The maximum atomic E-state index is 12.9. The van der Waals surface area contributed by atoms with E-state index >= 15 is 0 Å². The van der Waals surface area contributed by atoms with Crippen LogP contribution in [0.1, 0.15) is 40.5 Å². The van der Waals surface area contributed by atoms with E-state index in [1.54, 1.807) is 16.9 Å². The van der Waals surface area contributed by atoms with Crippen LogP contribution in [0.3, 0.4) is 0 Å². The molecule has 20 heavy (non-hydrogen) atoms. The van der Waals surface area contributed by atoms with Gasteiger partial charge in [-0.25, -0.2) is 0 Å². The fourth-order valence-electron chi connectivity index (χ4n) is 3.55. The van der Waals surface area contributed by atoms with Gasteiger partial charge in [0, 0.05) is 13.7 Å². The number of amides is 2. The molecular weight excluding hydrogens is 256 g/mol. The lowest BCUT2D eigenvalue weighted by Crippen LogP contribution is -2.70. The Labute approximate surface area is 121 Å². The van der Waals surface area contributed by atoms with Crippen LogP contribution in [0, 0.1) is 5.92 Å². The third-order valence-electron chi connectivity index (χ3n) is 4.37. The van der Waals surface area contributed by atoms with Crippen molar-refractivity contribution in [1.82, 2.24) is 9.80 Å². The van der Waals surface area contributed by atoms with Crippen LogP contribution in [-0.4, -0.2) is 59.5 Å². The molecule has 2 aliphatic rings. The first kappa shape index (κ1) is 15.3. The van der Waals surface area contributed by atoms with E-state index in [-0.39, 0.29) is 29.8 Å². The molecule has 2 fully saturated rings. The molecule has 2 heterocycles. The van der Waals surface area contributed by atoms with Crippen LogP contribution in [0.25, 0.3) is 0 Å². The minimum atomic E-state index is -0.467. The summed E-state index contributed by atoms with van der Waals surface area (Å²) in [6, 6.07) is -0.629. The van der Waals surface area contributed by atoms with Crippen molar-refractivity contribution < 1.29 is 14.3 Å². The van der Waals surface area contributed by atoms with Crippen LogP contribution in [0.2, 0.25) is 0 Å². The van der Waals surface area contributed by atoms with Crippen molar-refractivity contribution in [2.24, 2.45) is 5.92 Å². The van der Waals surface area contributed by atoms with Crippen molar-refractivity contribution in [2.45, 2.75) is 58.2 Å². The Morgan fingerprint density at radius 2 is 1.95 bits per heavy atom. The number of hydrogen-bond donors (Lipinski definition) is 0. The van der Waals surface area contributed by atoms with E-state index in [1.807, 2.05) is 27.7 Å². The molecule has 114 valence electrons. The highest BCUT2D eigenvalue weighted by molar-refractivity contribution is 5.98. The van der Waals surface area contributed by atoms with Crippen molar-refractivity contribution in [3.05, 3.63) is 0 Å². The van der Waals surface area contributed by atoms with Gasteiger partial charge in [0.25, 0.3) is 0 Å². The highest BCUT2D eigenvalue weighted by atomic mass is 16.5. The fourth-order valence-corrected chi connectivity index (χ4v) is 3.55. The van der Waals surface area contributed by atoms with Crippen LogP contribution in [0.15, 0.2) is 0 Å². The standard InChI is InChI=1S/C15H26N2O3/c1-10(2)12-14(19)16-8-6-7-11(16)13(18)17(12)15(3,4)9-20-5/h10-12H,6-9H2,1-5H3. The summed E-state index contributed by atoms with van der Waals surface area (Å²) in [4.78, 5) is 29.2. The highest BCUT2D eigenvalue weighted by Crippen LogP contribution is 2.34. The summed E-state index contributed by atoms with van der Waals surface area (Å²) in [7, 11) is 1.63. The predicted octanol–water partition coefficient (Wildman–Crippen LogP) is 1.27. The molecule has 5 heteroatoms. The number of carbonyl (C=O) groups excluding carboxylic acids is 2. The van der Waals surface area contributed by atoms with Gasteiger partial charge in [0.15, 0.2) is 0 Å². The topological polar surface area (TPSA) is 49.9 Å². The Kier molecular flexibility index (Phi) is 4.09. The summed E-state index contributed by atoms with van der Waals surface area (Å²) in [5.41, 5.74) is -0.467. The number of fused-ring (bicyclic) bond motifs is 1. The zero-order valence-corrected chi connectivity index (χ0v) is 13.2. The van der Waals surface area contributed by atoms with Gasteiger partial charge >= 0.3 is 0 Å². The number of rotatable bonds is 4. The molecule has 0 bridgehead atoms. The molecule has 2 unspecified atom stereocenters. The fraction of sp³-hybridized carbons (Fsp3) is 0.867. The second-order valence-electron chi connectivity index (χ2n) is 6.83. The first-order valence-corrected chi connectivity index (χ1v) is 7.44. The number of piperazine rings is 1. The van der Waals surface area contributed by atoms with Gasteiger partial charge in [-0.1, -0.05) is 13.8 Å². The highest BCUT2D eigenvalue weighted by Gasteiger charge is 2.52. The molecule has 0 aromatic rings. The first-order valence-electron chi connectivity index (χ1n) is 7.44. The lowest BCUT2D eigenvalue weighted by molar-refractivity contribution is -0.170. The molecule has 0 radical (unpaired) electrons. The van der Waals surface area contributed by atoms with Crippen molar-refractivity contribution in [3.8, 4) is 0 Å². The first-order chi connectivity index (χ1) is 9.31. The summed E-state index contributed by atoms with van der Waals surface area (Å²) in [5.74, 6) is 0.290. The van der Waals surface area contributed by atoms with Gasteiger partial charge in [0.05, 0.1) is 12.1 Å². The monoisotopic (exact) mass is 282 g/mol. The molecule has 0 N–H and O–H groups in total. The largest absolute Gasteiger partial charge is 0.382 e. The van der Waals surface area contributed by atoms with Gasteiger partial charge in [-0.05, 0) is 32.6 Å². The van der Waals surface area contributed by atoms with Crippen LogP contribution < -0.4 is 0 Å². The van der Waals surface area contributed by atoms with Gasteiger partial charge < -0.3 is 14.5 Å². The average Bonchev–Trinajstić information content (AvgIpc) is 2.82. The Hall–Kier alpha value is -1.10. The van der Waals surface area contributed by atoms with Crippen molar-refractivity contribution >= 4 is 11.8 Å². The van der Waals surface area contributed by atoms with Crippen LogP contribution in [-0.2, 0) is 14.3 Å². The summed E-state index contributed by atoms with van der Waals surface area (Å²) >= 11 is 0. The molecule has 2 aliphatic heterocycles.